The standard InChI is InChI=1S/C10H14N2O2S/c11-8-1-2-10(12-5-8)15-6-9-3-4-13-7-14-9/h1-2,5,9H,3-4,6-7,11H2. The first kappa shape index (κ1) is 10.7. The van der Waals surface area contributed by atoms with Gasteiger partial charge in [0.2, 0.25) is 0 Å². The van der Waals surface area contributed by atoms with Crippen molar-refractivity contribution >= 4 is 17.4 Å². The Morgan fingerprint density at radius 1 is 1.53 bits per heavy atom. The van der Waals surface area contributed by atoms with E-state index in [-0.39, 0.29) is 6.10 Å². The summed E-state index contributed by atoms with van der Waals surface area (Å²) in [6.45, 7) is 1.21. The van der Waals surface area contributed by atoms with E-state index in [1.807, 2.05) is 12.1 Å². The minimum atomic E-state index is 0.281. The van der Waals surface area contributed by atoms with Crippen molar-refractivity contribution in [3.63, 3.8) is 0 Å². The fourth-order valence-electron chi connectivity index (χ4n) is 1.29. The van der Waals surface area contributed by atoms with Crippen molar-refractivity contribution in [3.05, 3.63) is 18.3 Å². The van der Waals surface area contributed by atoms with Crippen molar-refractivity contribution in [3.8, 4) is 0 Å². The molecule has 0 amide bonds. The molecule has 0 spiro atoms. The molecule has 0 saturated carbocycles. The van der Waals surface area contributed by atoms with Gasteiger partial charge < -0.3 is 15.2 Å². The number of hydrogen-bond acceptors (Lipinski definition) is 5. The van der Waals surface area contributed by atoms with Gasteiger partial charge in [-0.25, -0.2) is 4.98 Å². The topological polar surface area (TPSA) is 57.4 Å². The highest BCUT2D eigenvalue weighted by atomic mass is 32.2. The lowest BCUT2D eigenvalue weighted by Gasteiger charge is -2.22. The molecule has 1 fully saturated rings. The van der Waals surface area contributed by atoms with Crippen LogP contribution in [0.25, 0.3) is 0 Å². The molecule has 2 rings (SSSR count). The molecule has 1 saturated heterocycles. The van der Waals surface area contributed by atoms with E-state index in [0.29, 0.717) is 12.5 Å². The van der Waals surface area contributed by atoms with Gasteiger partial charge >= 0.3 is 0 Å². The summed E-state index contributed by atoms with van der Waals surface area (Å²) in [6.07, 6.45) is 2.91. The molecule has 0 bridgehead atoms. The summed E-state index contributed by atoms with van der Waals surface area (Å²) >= 11 is 1.69. The van der Waals surface area contributed by atoms with Crippen molar-refractivity contribution in [1.82, 2.24) is 4.98 Å². The third-order valence-corrected chi connectivity index (χ3v) is 3.22. The second-order valence-corrected chi connectivity index (χ2v) is 4.38. The molecule has 1 unspecified atom stereocenters. The first-order valence-electron chi connectivity index (χ1n) is 4.88. The van der Waals surface area contributed by atoms with Crippen molar-refractivity contribution in [2.45, 2.75) is 17.6 Å². The van der Waals surface area contributed by atoms with Gasteiger partial charge in [-0.2, -0.15) is 0 Å². The molecule has 1 aromatic rings. The van der Waals surface area contributed by atoms with E-state index >= 15 is 0 Å². The molecule has 15 heavy (non-hydrogen) atoms. The number of aromatic nitrogens is 1. The fourth-order valence-corrected chi connectivity index (χ4v) is 2.20. The van der Waals surface area contributed by atoms with Crippen LogP contribution in [-0.2, 0) is 9.47 Å². The number of pyridine rings is 1. The minimum absolute atomic E-state index is 0.281. The predicted molar refractivity (Wildman–Crippen MR) is 59.7 cm³/mol. The normalized spacial score (nSPS) is 21.5. The van der Waals surface area contributed by atoms with Crippen molar-refractivity contribution in [2.75, 3.05) is 24.9 Å². The zero-order valence-electron chi connectivity index (χ0n) is 8.39. The molecule has 2 N–H and O–H groups in total. The Morgan fingerprint density at radius 3 is 3.13 bits per heavy atom. The monoisotopic (exact) mass is 226 g/mol. The lowest BCUT2D eigenvalue weighted by Crippen LogP contribution is -2.25. The summed E-state index contributed by atoms with van der Waals surface area (Å²) in [7, 11) is 0. The molecule has 0 aromatic carbocycles. The zero-order chi connectivity index (χ0) is 10.5. The average molecular weight is 226 g/mol. The van der Waals surface area contributed by atoms with Crippen LogP contribution in [0, 0.1) is 0 Å². The van der Waals surface area contributed by atoms with Crippen LogP contribution in [0.5, 0.6) is 0 Å². The van der Waals surface area contributed by atoms with Gasteiger partial charge in [-0.15, -0.1) is 11.8 Å². The van der Waals surface area contributed by atoms with Crippen LogP contribution in [0.3, 0.4) is 0 Å². The van der Waals surface area contributed by atoms with Crippen molar-refractivity contribution in [1.29, 1.82) is 0 Å². The molecule has 0 aliphatic carbocycles. The summed E-state index contributed by atoms with van der Waals surface area (Å²) in [4.78, 5) is 4.21. The van der Waals surface area contributed by atoms with Gasteiger partial charge in [0.05, 0.1) is 29.6 Å². The number of nitrogens with two attached hydrogens (primary N) is 1. The number of ether oxygens (including phenoxy) is 2. The number of rotatable bonds is 3. The highest BCUT2D eigenvalue weighted by molar-refractivity contribution is 7.99. The maximum atomic E-state index is 5.55. The van der Waals surface area contributed by atoms with E-state index in [9.17, 15) is 0 Å². The van der Waals surface area contributed by atoms with Gasteiger partial charge in [0.25, 0.3) is 0 Å². The first-order valence-corrected chi connectivity index (χ1v) is 5.87. The Morgan fingerprint density at radius 2 is 2.47 bits per heavy atom. The largest absolute Gasteiger partial charge is 0.397 e. The lowest BCUT2D eigenvalue weighted by atomic mass is 10.3. The van der Waals surface area contributed by atoms with Crippen LogP contribution in [0.1, 0.15) is 6.42 Å². The van der Waals surface area contributed by atoms with E-state index in [1.54, 1.807) is 18.0 Å². The molecule has 5 heteroatoms. The SMILES string of the molecule is Nc1ccc(SCC2CCOCO2)nc1. The predicted octanol–water partition coefficient (Wildman–Crippen LogP) is 1.52. The lowest BCUT2D eigenvalue weighted by molar-refractivity contribution is -0.130. The van der Waals surface area contributed by atoms with Gasteiger partial charge in [0.1, 0.15) is 6.79 Å². The van der Waals surface area contributed by atoms with Gasteiger partial charge in [-0.05, 0) is 18.6 Å². The van der Waals surface area contributed by atoms with Gasteiger partial charge in [-0.3, -0.25) is 0 Å². The smallest absolute Gasteiger partial charge is 0.147 e. The summed E-state index contributed by atoms with van der Waals surface area (Å²) in [6, 6.07) is 3.79. The average Bonchev–Trinajstić information content (AvgIpc) is 2.30. The van der Waals surface area contributed by atoms with E-state index in [2.05, 4.69) is 4.98 Å². The van der Waals surface area contributed by atoms with Gasteiger partial charge in [-0.1, -0.05) is 0 Å². The van der Waals surface area contributed by atoms with Gasteiger partial charge in [0.15, 0.2) is 0 Å². The van der Waals surface area contributed by atoms with Crippen LogP contribution in [0.4, 0.5) is 5.69 Å². The van der Waals surface area contributed by atoms with Crippen LogP contribution >= 0.6 is 11.8 Å². The van der Waals surface area contributed by atoms with E-state index < -0.39 is 0 Å². The number of anilines is 1. The second kappa shape index (κ2) is 5.34. The molecule has 1 atom stereocenters. The third-order valence-electron chi connectivity index (χ3n) is 2.15. The van der Waals surface area contributed by atoms with Crippen molar-refractivity contribution < 1.29 is 9.47 Å². The Labute approximate surface area is 93.2 Å². The van der Waals surface area contributed by atoms with E-state index in [4.69, 9.17) is 15.2 Å². The van der Waals surface area contributed by atoms with Crippen molar-refractivity contribution in [2.24, 2.45) is 0 Å². The first-order chi connectivity index (χ1) is 7.34. The second-order valence-electron chi connectivity index (χ2n) is 3.34. The molecule has 82 valence electrons. The summed E-state index contributed by atoms with van der Waals surface area (Å²) in [5.41, 5.74) is 6.25. The molecule has 1 aliphatic heterocycles. The maximum absolute atomic E-state index is 5.55. The molecule has 0 radical (unpaired) electrons. The summed E-state index contributed by atoms with van der Waals surface area (Å²) < 4.78 is 10.5. The van der Waals surface area contributed by atoms with E-state index in [1.165, 1.54) is 0 Å². The maximum Gasteiger partial charge on any atom is 0.147 e. The number of thioether (sulfide) groups is 1. The van der Waals surface area contributed by atoms with Gasteiger partial charge in [0, 0.05) is 5.75 Å². The number of nitrogens with zero attached hydrogens (tertiary/aromatic N) is 1. The Hall–Kier alpha value is -0.780. The Balaban J connectivity index is 1.79. The molecule has 2 heterocycles. The quantitative estimate of drug-likeness (QED) is 0.792. The van der Waals surface area contributed by atoms with E-state index in [0.717, 1.165) is 23.8 Å². The molecule has 1 aromatic heterocycles. The number of nitrogen functional groups attached to an aromatic ring is 1. The van der Waals surface area contributed by atoms with Crippen LogP contribution in [0.2, 0.25) is 0 Å². The molecular formula is C10H14N2O2S. The molecular weight excluding hydrogens is 212 g/mol. The Kier molecular flexibility index (Phi) is 3.82. The van der Waals surface area contributed by atoms with Crippen LogP contribution in [0.15, 0.2) is 23.4 Å². The summed E-state index contributed by atoms with van der Waals surface area (Å²) in [5, 5.41) is 0.985. The Bertz CT molecular complexity index is 299. The minimum Gasteiger partial charge on any atom is -0.397 e. The zero-order valence-corrected chi connectivity index (χ0v) is 9.20. The van der Waals surface area contributed by atoms with Crippen LogP contribution in [-0.4, -0.2) is 30.2 Å². The summed E-state index contributed by atoms with van der Waals surface area (Å²) in [5.74, 6) is 0.917. The molecule has 1 aliphatic rings. The highest BCUT2D eigenvalue weighted by Gasteiger charge is 2.14. The fraction of sp³-hybridized carbons (Fsp3) is 0.500. The number of hydrogen-bond donors (Lipinski definition) is 1. The molecule has 4 nitrogen and oxygen atoms in total. The van der Waals surface area contributed by atoms with Crippen LogP contribution < -0.4 is 5.73 Å². The highest BCUT2D eigenvalue weighted by Crippen LogP contribution is 2.20. The third kappa shape index (κ3) is 3.37.